The van der Waals surface area contributed by atoms with Crippen LogP contribution in [0.15, 0.2) is 24.5 Å². The molecular weight excluding hydrogens is 260 g/mol. The molecular formula is C10H10N2O5S. The van der Waals surface area contributed by atoms with Gasteiger partial charge in [-0.1, -0.05) is 0 Å². The Morgan fingerprint density at radius 3 is 2.50 bits per heavy atom. The fraction of sp³-hybridized carbons (Fsp3) is 0.300. The van der Waals surface area contributed by atoms with Crippen molar-refractivity contribution in [1.82, 2.24) is 4.90 Å². The SMILES string of the molecule is O=C(O)C1CS[C@H](c2cc[n+]([O-])cc2)N1C(=O)O. The summed E-state index contributed by atoms with van der Waals surface area (Å²) < 4.78 is 0.586. The van der Waals surface area contributed by atoms with Crippen LogP contribution >= 0.6 is 11.8 Å². The van der Waals surface area contributed by atoms with E-state index in [-0.39, 0.29) is 5.75 Å². The first-order valence-corrected chi connectivity index (χ1v) is 6.10. The van der Waals surface area contributed by atoms with Gasteiger partial charge in [-0.3, -0.25) is 4.90 Å². The molecule has 0 radical (unpaired) electrons. The van der Waals surface area contributed by atoms with Crippen molar-refractivity contribution in [3.63, 3.8) is 0 Å². The minimum atomic E-state index is -1.28. The number of hydrogen-bond acceptors (Lipinski definition) is 4. The predicted molar refractivity (Wildman–Crippen MR) is 61.9 cm³/mol. The predicted octanol–water partition coefficient (Wildman–Crippen LogP) is 0.499. The van der Waals surface area contributed by atoms with Crippen molar-refractivity contribution in [1.29, 1.82) is 0 Å². The van der Waals surface area contributed by atoms with Crippen molar-refractivity contribution < 1.29 is 24.5 Å². The number of aromatic nitrogens is 1. The first kappa shape index (κ1) is 12.5. The van der Waals surface area contributed by atoms with Gasteiger partial charge in [-0.05, 0) is 5.56 Å². The number of thioether (sulfide) groups is 1. The van der Waals surface area contributed by atoms with Gasteiger partial charge in [0, 0.05) is 17.9 Å². The molecule has 1 aromatic rings. The van der Waals surface area contributed by atoms with E-state index in [4.69, 9.17) is 10.2 Å². The highest BCUT2D eigenvalue weighted by molar-refractivity contribution is 7.99. The van der Waals surface area contributed by atoms with E-state index >= 15 is 0 Å². The van der Waals surface area contributed by atoms with Crippen molar-refractivity contribution in [3.05, 3.63) is 35.3 Å². The first-order valence-electron chi connectivity index (χ1n) is 5.05. The van der Waals surface area contributed by atoms with Crippen molar-refractivity contribution in [2.45, 2.75) is 11.4 Å². The average Bonchev–Trinajstić information content (AvgIpc) is 2.74. The molecule has 1 fully saturated rings. The van der Waals surface area contributed by atoms with E-state index in [1.54, 1.807) is 0 Å². The van der Waals surface area contributed by atoms with Gasteiger partial charge in [0.2, 0.25) is 0 Å². The molecule has 1 aliphatic heterocycles. The van der Waals surface area contributed by atoms with Crippen LogP contribution in [0, 0.1) is 5.21 Å². The lowest BCUT2D eigenvalue weighted by molar-refractivity contribution is -0.605. The Balaban J connectivity index is 2.30. The van der Waals surface area contributed by atoms with E-state index in [9.17, 15) is 14.8 Å². The number of pyridine rings is 1. The largest absolute Gasteiger partial charge is 0.619 e. The third-order valence-corrected chi connectivity index (χ3v) is 3.94. The molecule has 0 aliphatic carbocycles. The number of amides is 1. The van der Waals surface area contributed by atoms with Gasteiger partial charge in [0.05, 0.1) is 0 Å². The molecule has 0 saturated carbocycles. The lowest BCUT2D eigenvalue weighted by Crippen LogP contribution is -2.42. The van der Waals surface area contributed by atoms with Crippen LogP contribution in [0.25, 0.3) is 0 Å². The molecule has 2 N–H and O–H groups in total. The molecule has 8 heteroatoms. The second-order valence-corrected chi connectivity index (χ2v) is 4.83. The minimum Gasteiger partial charge on any atom is -0.619 e. The summed E-state index contributed by atoms with van der Waals surface area (Å²) in [5, 5.41) is 28.4. The number of carboxylic acids is 1. The van der Waals surface area contributed by atoms with Gasteiger partial charge in [0.1, 0.15) is 11.4 Å². The molecule has 1 aliphatic rings. The van der Waals surface area contributed by atoms with Crippen molar-refractivity contribution in [2.24, 2.45) is 0 Å². The molecule has 0 aromatic carbocycles. The molecule has 96 valence electrons. The van der Waals surface area contributed by atoms with Crippen LogP contribution in [0.3, 0.4) is 0 Å². The molecule has 7 nitrogen and oxygen atoms in total. The third-order valence-electron chi connectivity index (χ3n) is 2.62. The fourth-order valence-electron chi connectivity index (χ4n) is 1.78. The van der Waals surface area contributed by atoms with Crippen LogP contribution in [0.5, 0.6) is 0 Å². The zero-order valence-corrected chi connectivity index (χ0v) is 9.91. The number of aliphatic carboxylic acids is 1. The number of carboxylic acid groups (broad SMARTS) is 2. The summed E-state index contributed by atoms with van der Waals surface area (Å²) in [6.45, 7) is 0. The maximum Gasteiger partial charge on any atom is 0.409 e. The smallest absolute Gasteiger partial charge is 0.409 e. The average molecular weight is 270 g/mol. The Morgan fingerprint density at radius 2 is 2.00 bits per heavy atom. The van der Waals surface area contributed by atoms with Gasteiger partial charge in [0.15, 0.2) is 12.4 Å². The van der Waals surface area contributed by atoms with Crippen molar-refractivity contribution in [3.8, 4) is 0 Å². The van der Waals surface area contributed by atoms with E-state index in [0.717, 1.165) is 4.90 Å². The third kappa shape index (κ3) is 2.19. The van der Waals surface area contributed by atoms with Gasteiger partial charge in [-0.25, -0.2) is 9.59 Å². The fourth-order valence-corrected chi connectivity index (χ4v) is 3.19. The zero-order valence-electron chi connectivity index (χ0n) is 9.09. The standard InChI is InChI=1S/C10H10N2O5S/c13-9(14)7-5-18-8(12(7)10(15)16)6-1-3-11(17)4-2-6/h1-4,7-8H,5H2,(H,13,14)(H,15,16)/t7?,8-/m1/s1. The maximum absolute atomic E-state index is 11.1. The highest BCUT2D eigenvalue weighted by Crippen LogP contribution is 2.40. The minimum absolute atomic E-state index is 0.193. The molecule has 1 unspecified atom stereocenters. The van der Waals surface area contributed by atoms with Gasteiger partial charge < -0.3 is 15.4 Å². The Morgan fingerprint density at radius 1 is 1.39 bits per heavy atom. The van der Waals surface area contributed by atoms with E-state index in [1.165, 1.54) is 36.3 Å². The van der Waals surface area contributed by atoms with Crippen LogP contribution < -0.4 is 4.73 Å². The van der Waals surface area contributed by atoms with Crippen LogP contribution in [0.1, 0.15) is 10.9 Å². The monoisotopic (exact) mass is 270 g/mol. The van der Waals surface area contributed by atoms with Gasteiger partial charge >= 0.3 is 12.1 Å². The summed E-state index contributed by atoms with van der Waals surface area (Å²) in [4.78, 5) is 23.0. The quantitative estimate of drug-likeness (QED) is 0.599. The van der Waals surface area contributed by atoms with Crippen LogP contribution in [0.2, 0.25) is 0 Å². The van der Waals surface area contributed by atoms with Crippen LogP contribution in [-0.4, -0.2) is 39.0 Å². The molecule has 0 spiro atoms. The van der Waals surface area contributed by atoms with Gasteiger partial charge in [-0.2, -0.15) is 4.73 Å². The normalized spacial score (nSPS) is 23.0. The molecule has 18 heavy (non-hydrogen) atoms. The Bertz CT molecular complexity index is 478. The summed E-state index contributed by atoms with van der Waals surface area (Å²) in [7, 11) is 0. The molecule has 2 heterocycles. The van der Waals surface area contributed by atoms with E-state index < -0.39 is 23.5 Å². The first-order chi connectivity index (χ1) is 8.50. The zero-order chi connectivity index (χ0) is 13.3. The summed E-state index contributed by atoms with van der Waals surface area (Å²) in [6.07, 6.45) is 1.23. The molecule has 1 amide bonds. The number of hydrogen-bond donors (Lipinski definition) is 2. The second-order valence-electron chi connectivity index (χ2n) is 3.72. The number of rotatable bonds is 2. The maximum atomic E-state index is 11.1. The Labute approximate surface area is 106 Å². The summed E-state index contributed by atoms with van der Waals surface area (Å²) in [6, 6.07) is 1.92. The molecule has 2 atom stereocenters. The Hall–Kier alpha value is -1.96. The Kier molecular flexibility index (Phi) is 3.28. The highest BCUT2D eigenvalue weighted by atomic mass is 32.2. The molecule has 0 bridgehead atoms. The van der Waals surface area contributed by atoms with Gasteiger partial charge in [0.25, 0.3) is 0 Å². The van der Waals surface area contributed by atoms with Crippen molar-refractivity contribution in [2.75, 3.05) is 5.75 Å². The molecule has 2 rings (SSSR count). The van der Waals surface area contributed by atoms with E-state index in [0.29, 0.717) is 10.3 Å². The molecule has 1 aromatic heterocycles. The lowest BCUT2D eigenvalue weighted by Gasteiger charge is -2.23. The van der Waals surface area contributed by atoms with E-state index in [2.05, 4.69) is 0 Å². The second kappa shape index (κ2) is 4.73. The summed E-state index contributed by atoms with van der Waals surface area (Å²) in [5.41, 5.74) is 0.596. The topological polar surface area (TPSA) is 105 Å². The lowest BCUT2D eigenvalue weighted by atomic mass is 10.2. The van der Waals surface area contributed by atoms with Crippen molar-refractivity contribution >= 4 is 23.8 Å². The highest BCUT2D eigenvalue weighted by Gasteiger charge is 2.42. The summed E-state index contributed by atoms with van der Waals surface area (Å²) in [5.74, 6) is -0.972. The van der Waals surface area contributed by atoms with Crippen LogP contribution in [-0.2, 0) is 4.79 Å². The van der Waals surface area contributed by atoms with E-state index in [1.807, 2.05) is 0 Å². The number of nitrogens with zero attached hydrogens (tertiary/aromatic N) is 2. The number of carbonyl (C=O) groups is 2. The molecule has 1 saturated heterocycles. The summed E-state index contributed by atoms with van der Waals surface area (Å²) >= 11 is 1.23. The van der Waals surface area contributed by atoms with Crippen LogP contribution in [0.4, 0.5) is 4.79 Å². The van der Waals surface area contributed by atoms with Gasteiger partial charge in [-0.15, -0.1) is 11.8 Å².